The summed E-state index contributed by atoms with van der Waals surface area (Å²) < 4.78 is 40.0. The number of nitrogens with one attached hydrogen (secondary N) is 1. The molecule has 6 heteroatoms. The normalized spacial score (nSPS) is 15.4. The quantitative estimate of drug-likeness (QED) is 0.873. The molecule has 1 aliphatic rings. The number of halogens is 3. The summed E-state index contributed by atoms with van der Waals surface area (Å²) in [6.45, 7) is 1.85. The summed E-state index contributed by atoms with van der Waals surface area (Å²) in [6.07, 6.45) is -0.999. The molecule has 128 valence electrons. The summed E-state index contributed by atoms with van der Waals surface area (Å²) in [5, 5.41) is 2.96. The number of anilines is 2. The molecule has 3 rings (SSSR count). The Morgan fingerprint density at radius 3 is 2.42 bits per heavy atom. The third kappa shape index (κ3) is 3.47. The van der Waals surface area contributed by atoms with Gasteiger partial charge in [0.15, 0.2) is 0 Å². The van der Waals surface area contributed by atoms with Gasteiger partial charge < -0.3 is 10.2 Å². The van der Waals surface area contributed by atoms with Crippen LogP contribution in [-0.4, -0.2) is 25.1 Å². The Kier molecular flexibility index (Phi) is 4.64. The zero-order chi connectivity index (χ0) is 17.2. The van der Waals surface area contributed by atoms with Crippen LogP contribution in [0.1, 0.15) is 24.8 Å². The van der Waals surface area contributed by atoms with Gasteiger partial charge in [-0.2, -0.15) is 13.2 Å². The Morgan fingerprint density at radius 1 is 1.04 bits per heavy atom. The lowest BCUT2D eigenvalue weighted by Crippen LogP contribution is -2.29. The van der Waals surface area contributed by atoms with Crippen molar-refractivity contribution >= 4 is 11.5 Å². The Labute approximate surface area is 139 Å². The molecule has 0 saturated carbocycles. The molecule has 0 aliphatic carbocycles. The first-order chi connectivity index (χ1) is 11.5. The maximum Gasteiger partial charge on any atom is 0.417 e. The second kappa shape index (κ2) is 6.71. The molecule has 1 aromatic heterocycles. The van der Waals surface area contributed by atoms with Gasteiger partial charge in [0.05, 0.1) is 11.3 Å². The highest BCUT2D eigenvalue weighted by molar-refractivity contribution is 5.71. The first-order valence-corrected chi connectivity index (χ1v) is 8.10. The minimum Gasteiger partial charge on any atom is -0.373 e. The Bertz CT molecular complexity index is 707. The molecule has 0 atom stereocenters. The standard InChI is InChI=1S/C18H20F3N3/c1-22-17-12-13(24-9-5-2-6-10-24)11-16(23-17)14-7-3-4-8-15(14)18(19,20)21/h3-4,7-8,11-12H,2,5-6,9-10H2,1H3,(H,22,23). The van der Waals surface area contributed by atoms with E-state index in [1.807, 2.05) is 6.07 Å². The minimum atomic E-state index is -4.40. The van der Waals surface area contributed by atoms with Crippen molar-refractivity contribution < 1.29 is 13.2 Å². The van der Waals surface area contributed by atoms with E-state index < -0.39 is 11.7 Å². The highest BCUT2D eigenvalue weighted by Gasteiger charge is 2.33. The fourth-order valence-electron chi connectivity index (χ4n) is 3.07. The van der Waals surface area contributed by atoms with Crippen LogP contribution in [-0.2, 0) is 6.18 Å². The van der Waals surface area contributed by atoms with E-state index in [0.717, 1.165) is 37.7 Å². The van der Waals surface area contributed by atoms with Crippen LogP contribution in [0.2, 0.25) is 0 Å². The topological polar surface area (TPSA) is 28.2 Å². The lowest BCUT2D eigenvalue weighted by Gasteiger charge is -2.29. The molecule has 24 heavy (non-hydrogen) atoms. The third-order valence-corrected chi connectivity index (χ3v) is 4.30. The highest BCUT2D eigenvalue weighted by atomic mass is 19.4. The van der Waals surface area contributed by atoms with Gasteiger partial charge in [0.1, 0.15) is 5.82 Å². The number of benzene rings is 1. The Balaban J connectivity index is 2.08. The van der Waals surface area contributed by atoms with Gasteiger partial charge in [-0.1, -0.05) is 18.2 Å². The van der Waals surface area contributed by atoms with Gasteiger partial charge in [0, 0.05) is 37.5 Å². The van der Waals surface area contributed by atoms with Crippen molar-refractivity contribution in [2.45, 2.75) is 25.4 Å². The molecule has 1 aromatic carbocycles. The number of rotatable bonds is 3. The van der Waals surface area contributed by atoms with E-state index in [9.17, 15) is 13.2 Å². The van der Waals surface area contributed by atoms with E-state index >= 15 is 0 Å². The summed E-state index contributed by atoms with van der Waals surface area (Å²) in [7, 11) is 1.72. The zero-order valence-electron chi connectivity index (χ0n) is 13.5. The molecule has 1 fully saturated rings. The molecule has 1 saturated heterocycles. The van der Waals surface area contributed by atoms with E-state index in [0.29, 0.717) is 11.5 Å². The lowest BCUT2D eigenvalue weighted by molar-refractivity contribution is -0.137. The summed E-state index contributed by atoms with van der Waals surface area (Å²) in [6, 6.07) is 9.24. The van der Waals surface area contributed by atoms with Crippen LogP contribution in [0.25, 0.3) is 11.3 Å². The van der Waals surface area contributed by atoms with Crippen LogP contribution in [0.3, 0.4) is 0 Å². The summed E-state index contributed by atoms with van der Waals surface area (Å²) >= 11 is 0. The van der Waals surface area contributed by atoms with Crippen LogP contribution in [0.15, 0.2) is 36.4 Å². The summed E-state index contributed by atoms with van der Waals surface area (Å²) in [4.78, 5) is 6.57. The SMILES string of the molecule is CNc1cc(N2CCCCC2)cc(-c2ccccc2C(F)(F)F)n1. The van der Waals surface area contributed by atoms with Crippen molar-refractivity contribution in [3.8, 4) is 11.3 Å². The number of hydrogen-bond acceptors (Lipinski definition) is 3. The first kappa shape index (κ1) is 16.6. The van der Waals surface area contributed by atoms with Crippen LogP contribution < -0.4 is 10.2 Å². The van der Waals surface area contributed by atoms with Crippen LogP contribution in [0.5, 0.6) is 0 Å². The predicted octanol–water partition coefficient (Wildman–Crippen LogP) is 4.80. The molecular weight excluding hydrogens is 315 g/mol. The fraction of sp³-hybridized carbons (Fsp3) is 0.389. The molecule has 1 aliphatic heterocycles. The molecule has 0 unspecified atom stereocenters. The van der Waals surface area contributed by atoms with E-state index in [-0.39, 0.29) is 5.56 Å². The Hall–Kier alpha value is -2.24. The highest BCUT2D eigenvalue weighted by Crippen LogP contribution is 2.38. The lowest BCUT2D eigenvalue weighted by atomic mass is 10.0. The van der Waals surface area contributed by atoms with Crippen LogP contribution in [0.4, 0.5) is 24.7 Å². The maximum atomic E-state index is 13.3. The van der Waals surface area contributed by atoms with Gasteiger partial charge in [-0.25, -0.2) is 4.98 Å². The smallest absolute Gasteiger partial charge is 0.373 e. The first-order valence-electron chi connectivity index (χ1n) is 8.10. The van der Waals surface area contributed by atoms with Crippen LogP contribution in [0, 0.1) is 0 Å². The van der Waals surface area contributed by atoms with E-state index in [1.165, 1.54) is 18.6 Å². The maximum absolute atomic E-state index is 13.3. The van der Waals surface area contributed by atoms with E-state index in [1.54, 1.807) is 19.2 Å². The molecule has 0 bridgehead atoms. The molecule has 0 amide bonds. The van der Waals surface area contributed by atoms with Crippen molar-refractivity contribution in [2.75, 3.05) is 30.4 Å². The van der Waals surface area contributed by atoms with Crippen molar-refractivity contribution in [1.29, 1.82) is 0 Å². The number of hydrogen-bond donors (Lipinski definition) is 1. The largest absolute Gasteiger partial charge is 0.417 e. The van der Waals surface area contributed by atoms with Crippen molar-refractivity contribution in [2.24, 2.45) is 0 Å². The number of aromatic nitrogens is 1. The number of alkyl halides is 3. The van der Waals surface area contributed by atoms with Crippen molar-refractivity contribution in [1.82, 2.24) is 4.98 Å². The van der Waals surface area contributed by atoms with Gasteiger partial charge >= 0.3 is 6.18 Å². The molecule has 3 nitrogen and oxygen atoms in total. The van der Waals surface area contributed by atoms with Crippen LogP contribution >= 0.6 is 0 Å². The minimum absolute atomic E-state index is 0.111. The van der Waals surface area contributed by atoms with Gasteiger partial charge in [-0.15, -0.1) is 0 Å². The third-order valence-electron chi connectivity index (χ3n) is 4.30. The molecule has 0 spiro atoms. The molecule has 2 aromatic rings. The predicted molar refractivity (Wildman–Crippen MR) is 90.3 cm³/mol. The van der Waals surface area contributed by atoms with Crippen molar-refractivity contribution in [3.63, 3.8) is 0 Å². The Morgan fingerprint density at radius 2 is 1.75 bits per heavy atom. The average molecular weight is 335 g/mol. The number of nitrogens with zero attached hydrogens (tertiary/aromatic N) is 2. The summed E-state index contributed by atoms with van der Waals surface area (Å²) in [5.74, 6) is 0.574. The number of pyridine rings is 1. The zero-order valence-corrected chi connectivity index (χ0v) is 13.5. The molecule has 1 N–H and O–H groups in total. The monoisotopic (exact) mass is 335 g/mol. The molecular formula is C18H20F3N3. The van der Waals surface area contributed by atoms with Gasteiger partial charge in [-0.05, 0) is 31.4 Å². The van der Waals surface area contributed by atoms with E-state index in [4.69, 9.17) is 0 Å². The van der Waals surface area contributed by atoms with Gasteiger partial charge in [-0.3, -0.25) is 0 Å². The molecule has 0 radical (unpaired) electrons. The second-order valence-electron chi connectivity index (χ2n) is 5.94. The average Bonchev–Trinajstić information content (AvgIpc) is 2.61. The van der Waals surface area contributed by atoms with Crippen molar-refractivity contribution in [3.05, 3.63) is 42.0 Å². The fourth-order valence-corrected chi connectivity index (χ4v) is 3.07. The van der Waals surface area contributed by atoms with Gasteiger partial charge in [0.2, 0.25) is 0 Å². The molecule has 2 heterocycles. The second-order valence-corrected chi connectivity index (χ2v) is 5.94. The summed E-state index contributed by atoms with van der Waals surface area (Å²) in [5.41, 5.74) is 0.715. The van der Waals surface area contributed by atoms with Gasteiger partial charge in [0.25, 0.3) is 0 Å². The van der Waals surface area contributed by atoms with E-state index in [2.05, 4.69) is 15.2 Å². The number of piperidine rings is 1.